The van der Waals surface area contributed by atoms with Crippen LogP contribution in [0.1, 0.15) is 83.1 Å². The van der Waals surface area contributed by atoms with E-state index >= 15 is 0 Å². The van der Waals surface area contributed by atoms with Gasteiger partial charge in [-0.15, -0.1) is 0 Å². The Kier molecular flexibility index (Phi) is 4.13. The molecular formula is C18H31N3. The van der Waals surface area contributed by atoms with Crippen LogP contribution in [-0.2, 0) is 18.4 Å². The van der Waals surface area contributed by atoms with E-state index in [1.54, 1.807) is 0 Å². The van der Waals surface area contributed by atoms with Crippen LogP contribution in [0.25, 0.3) is 0 Å². The highest BCUT2D eigenvalue weighted by Crippen LogP contribution is 2.36. The first-order chi connectivity index (χ1) is 9.97. The van der Waals surface area contributed by atoms with Gasteiger partial charge >= 0.3 is 0 Å². The van der Waals surface area contributed by atoms with Gasteiger partial charge in [0.1, 0.15) is 5.82 Å². The third kappa shape index (κ3) is 3.03. The molecule has 0 saturated heterocycles. The molecule has 0 bridgehead atoms. The van der Waals surface area contributed by atoms with Gasteiger partial charge in [-0.1, -0.05) is 40.5 Å². The maximum absolute atomic E-state index is 5.05. The predicted octanol–water partition coefficient (Wildman–Crippen LogP) is 3.97. The van der Waals surface area contributed by atoms with Crippen LogP contribution in [0.3, 0.4) is 0 Å². The third-order valence-corrected chi connectivity index (χ3v) is 5.19. The smallest absolute Gasteiger partial charge is 0.114 e. The Morgan fingerprint density at radius 3 is 2.71 bits per heavy atom. The Hall–Kier alpha value is -0.830. The van der Waals surface area contributed by atoms with Gasteiger partial charge in [-0.25, -0.2) is 4.98 Å². The molecular weight excluding hydrogens is 258 g/mol. The summed E-state index contributed by atoms with van der Waals surface area (Å²) in [7, 11) is 0. The highest BCUT2D eigenvalue weighted by Gasteiger charge is 2.31. The molecule has 3 rings (SSSR count). The van der Waals surface area contributed by atoms with Crippen molar-refractivity contribution < 1.29 is 0 Å². The maximum Gasteiger partial charge on any atom is 0.114 e. The third-order valence-electron chi connectivity index (χ3n) is 5.19. The van der Waals surface area contributed by atoms with Crippen LogP contribution in [0, 0.1) is 5.92 Å². The number of nitrogens with zero attached hydrogens (tertiary/aromatic N) is 2. The first-order valence-electron chi connectivity index (χ1n) is 8.78. The first-order valence-corrected chi connectivity index (χ1v) is 8.78. The van der Waals surface area contributed by atoms with Crippen molar-refractivity contribution in [1.82, 2.24) is 14.9 Å². The van der Waals surface area contributed by atoms with Crippen molar-refractivity contribution in [2.24, 2.45) is 5.92 Å². The molecule has 118 valence electrons. The number of fused-ring (bicyclic) bond motifs is 1. The summed E-state index contributed by atoms with van der Waals surface area (Å²) in [5, 5.41) is 3.48. The lowest BCUT2D eigenvalue weighted by Gasteiger charge is -2.28. The van der Waals surface area contributed by atoms with Gasteiger partial charge in [0.2, 0.25) is 0 Å². The molecule has 2 heterocycles. The molecule has 0 amide bonds. The van der Waals surface area contributed by atoms with Gasteiger partial charge in [-0.2, -0.15) is 0 Å². The van der Waals surface area contributed by atoms with Crippen LogP contribution in [0.5, 0.6) is 0 Å². The molecule has 1 aliphatic heterocycles. The zero-order chi connectivity index (χ0) is 15.0. The summed E-state index contributed by atoms with van der Waals surface area (Å²) in [6, 6.07) is 0.679. The maximum atomic E-state index is 5.05. The Balaban J connectivity index is 2.00. The average molecular weight is 289 g/mol. The van der Waals surface area contributed by atoms with Gasteiger partial charge < -0.3 is 9.88 Å². The number of hydrogen-bond acceptors (Lipinski definition) is 2. The van der Waals surface area contributed by atoms with E-state index in [0.717, 1.165) is 25.4 Å². The number of rotatable bonds is 1. The summed E-state index contributed by atoms with van der Waals surface area (Å²) in [5.74, 6) is 2.21. The minimum absolute atomic E-state index is 0.134. The van der Waals surface area contributed by atoms with E-state index in [-0.39, 0.29) is 5.41 Å². The summed E-state index contributed by atoms with van der Waals surface area (Å²) in [5.41, 5.74) is 2.97. The van der Waals surface area contributed by atoms with Crippen molar-refractivity contribution in [3.8, 4) is 0 Å². The number of aromatic nitrogens is 2. The average Bonchev–Trinajstić information content (AvgIpc) is 2.70. The SMILES string of the molecule is CC1CCCC(n2c(C(C)(C)C)nc3c2CCNC3)CC1. The lowest BCUT2D eigenvalue weighted by Crippen LogP contribution is -2.27. The Morgan fingerprint density at radius 1 is 1.14 bits per heavy atom. The fraction of sp³-hybridized carbons (Fsp3) is 0.833. The molecule has 1 saturated carbocycles. The zero-order valence-electron chi connectivity index (χ0n) is 14.2. The summed E-state index contributed by atoms with van der Waals surface area (Å²) in [4.78, 5) is 5.05. The van der Waals surface area contributed by atoms with E-state index in [1.165, 1.54) is 49.3 Å². The van der Waals surface area contributed by atoms with Crippen molar-refractivity contribution in [3.05, 3.63) is 17.2 Å². The second kappa shape index (κ2) is 5.75. The van der Waals surface area contributed by atoms with E-state index < -0.39 is 0 Å². The van der Waals surface area contributed by atoms with Gasteiger partial charge in [0.15, 0.2) is 0 Å². The van der Waals surface area contributed by atoms with Crippen molar-refractivity contribution in [1.29, 1.82) is 0 Å². The van der Waals surface area contributed by atoms with Crippen LogP contribution in [-0.4, -0.2) is 16.1 Å². The molecule has 0 spiro atoms. The second-order valence-electron chi connectivity index (χ2n) is 8.14. The second-order valence-corrected chi connectivity index (χ2v) is 8.14. The Labute approximate surface area is 129 Å². The molecule has 21 heavy (non-hydrogen) atoms. The van der Waals surface area contributed by atoms with E-state index in [2.05, 4.69) is 37.6 Å². The normalized spacial score (nSPS) is 27.2. The number of imidazole rings is 1. The molecule has 1 aromatic heterocycles. The largest absolute Gasteiger partial charge is 0.328 e. The summed E-state index contributed by atoms with van der Waals surface area (Å²) in [6.45, 7) is 11.4. The molecule has 1 N–H and O–H groups in total. The fourth-order valence-electron chi connectivity index (χ4n) is 3.98. The molecule has 2 atom stereocenters. The van der Waals surface area contributed by atoms with E-state index in [4.69, 9.17) is 4.98 Å². The zero-order valence-corrected chi connectivity index (χ0v) is 14.2. The molecule has 0 radical (unpaired) electrons. The fourth-order valence-corrected chi connectivity index (χ4v) is 3.98. The van der Waals surface area contributed by atoms with Crippen molar-refractivity contribution in [2.75, 3.05) is 6.54 Å². The van der Waals surface area contributed by atoms with Crippen molar-refractivity contribution >= 4 is 0 Å². The van der Waals surface area contributed by atoms with Crippen LogP contribution >= 0.6 is 0 Å². The minimum Gasteiger partial charge on any atom is -0.328 e. The molecule has 2 unspecified atom stereocenters. The van der Waals surface area contributed by atoms with Gasteiger partial charge in [-0.3, -0.25) is 0 Å². The summed E-state index contributed by atoms with van der Waals surface area (Å²) in [6.07, 6.45) is 7.97. The molecule has 1 fully saturated rings. The van der Waals surface area contributed by atoms with Gasteiger partial charge in [0, 0.05) is 36.7 Å². The molecule has 3 nitrogen and oxygen atoms in total. The van der Waals surface area contributed by atoms with Crippen LogP contribution in [0.2, 0.25) is 0 Å². The van der Waals surface area contributed by atoms with Crippen LogP contribution in [0.15, 0.2) is 0 Å². The summed E-state index contributed by atoms with van der Waals surface area (Å²) >= 11 is 0. The Morgan fingerprint density at radius 2 is 1.95 bits per heavy atom. The monoisotopic (exact) mass is 289 g/mol. The van der Waals surface area contributed by atoms with Crippen molar-refractivity contribution in [3.63, 3.8) is 0 Å². The quantitative estimate of drug-likeness (QED) is 0.793. The molecule has 0 aromatic carbocycles. The van der Waals surface area contributed by atoms with Gasteiger partial charge in [0.05, 0.1) is 5.69 Å². The van der Waals surface area contributed by atoms with Crippen LogP contribution in [0.4, 0.5) is 0 Å². The summed E-state index contributed by atoms with van der Waals surface area (Å²) < 4.78 is 2.66. The first kappa shape index (κ1) is 15.1. The molecule has 3 heteroatoms. The molecule has 2 aliphatic rings. The van der Waals surface area contributed by atoms with E-state index in [1.807, 2.05) is 0 Å². The number of nitrogens with one attached hydrogen (secondary N) is 1. The Bertz CT molecular complexity index is 495. The number of hydrogen-bond donors (Lipinski definition) is 1. The topological polar surface area (TPSA) is 29.9 Å². The standard InChI is InChI=1S/C18H31N3/c1-13-6-5-7-14(9-8-13)21-16-10-11-19-12-15(16)20-17(21)18(2,3)4/h13-14,19H,5-12H2,1-4H3. The highest BCUT2D eigenvalue weighted by atomic mass is 15.2. The van der Waals surface area contributed by atoms with E-state index in [0.29, 0.717) is 6.04 Å². The van der Waals surface area contributed by atoms with Gasteiger partial charge in [0.25, 0.3) is 0 Å². The lowest BCUT2D eigenvalue weighted by atomic mass is 9.94. The highest BCUT2D eigenvalue weighted by molar-refractivity contribution is 5.24. The predicted molar refractivity (Wildman–Crippen MR) is 87.6 cm³/mol. The van der Waals surface area contributed by atoms with E-state index in [9.17, 15) is 0 Å². The van der Waals surface area contributed by atoms with Crippen LogP contribution < -0.4 is 5.32 Å². The molecule has 1 aromatic rings. The van der Waals surface area contributed by atoms with Gasteiger partial charge in [-0.05, 0) is 25.2 Å². The minimum atomic E-state index is 0.134. The van der Waals surface area contributed by atoms with Crippen molar-refractivity contribution in [2.45, 2.75) is 84.2 Å². The molecule has 1 aliphatic carbocycles. The lowest BCUT2D eigenvalue weighted by molar-refractivity contribution is 0.380.